The van der Waals surface area contributed by atoms with Crippen LogP contribution in [0.4, 0.5) is 0 Å². The van der Waals surface area contributed by atoms with Crippen LogP contribution in [0.2, 0.25) is 0 Å². The minimum atomic E-state index is 0.616. The summed E-state index contributed by atoms with van der Waals surface area (Å²) in [5.41, 5.74) is 0. The highest BCUT2D eigenvalue weighted by Gasteiger charge is 2.24. The van der Waals surface area contributed by atoms with Crippen LogP contribution in [-0.4, -0.2) is 12.1 Å². The van der Waals surface area contributed by atoms with Crippen molar-refractivity contribution in [3.63, 3.8) is 0 Å². The average molecular weight is 306 g/mol. The lowest BCUT2D eigenvalue weighted by Gasteiger charge is -2.33. The Labute approximate surface area is 129 Å². The van der Waals surface area contributed by atoms with E-state index in [9.17, 15) is 0 Å². The molecule has 1 saturated carbocycles. The molecule has 2 unspecified atom stereocenters. The summed E-state index contributed by atoms with van der Waals surface area (Å²) in [5.74, 6) is 0. The summed E-state index contributed by atoms with van der Waals surface area (Å²) in [4.78, 5) is 2.88. The van der Waals surface area contributed by atoms with Crippen LogP contribution < -0.4 is 10.6 Å². The first kappa shape index (κ1) is 14.3. The smallest absolute Gasteiger partial charge is 0.0302 e. The third kappa shape index (κ3) is 3.92. The zero-order valence-electron chi connectivity index (χ0n) is 11.7. The lowest BCUT2D eigenvalue weighted by atomic mass is 9.90. The van der Waals surface area contributed by atoms with E-state index in [0.29, 0.717) is 12.1 Å². The van der Waals surface area contributed by atoms with E-state index in [-0.39, 0.29) is 0 Å². The van der Waals surface area contributed by atoms with Gasteiger partial charge in [0.2, 0.25) is 0 Å². The van der Waals surface area contributed by atoms with Crippen molar-refractivity contribution in [3.05, 3.63) is 44.8 Å². The van der Waals surface area contributed by atoms with Crippen LogP contribution in [0, 0.1) is 0 Å². The molecule has 2 nitrogen and oxygen atoms in total. The molecule has 20 heavy (non-hydrogen) atoms. The summed E-state index contributed by atoms with van der Waals surface area (Å²) in [6.07, 6.45) is 5.32. The highest BCUT2D eigenvalue weighted by atomic mass is 32.1. The van der Waals surface area contributed by atoms with Crippen molar-refractivity contribution in [1.82, 2.24) is 10.6 Å². The van der Waals surface area contributed by atoms with Crippen LogP contribution in [0.25, 0.3) is 0 Å². The predicted octanol–water partition coefficient (Wildman–Crippen LogP) is 4.00. The molecule has 1 aliphatic rings. The molecule has 0 bridgehead atoms. The molecule has 0 aliphatic heterocycles. The van der Waals surface area contributed by atoms with Gasteiger partial charge in [0.15, 0.2) is 0 Å². The van der Waals surface area contributed by atoms with E-state index in [1.54, 1.807) is 0 Å². The van der Waals surface area contributed by atoms with Crippen LogP contribution in [-0.2, 0) is 13.1 Å². The van der Waals surface area contributed by atoms with E-state index in [0.717, 1.165) is 13.1 Å². The molecular weight excluding hydrogens is 284 g/mol. The Kier molecular flexibility index (Phi) is 5.25. The minimum Gasteiger partial charge on any atom is -0.308 e. The Morgan fingerprint density at radius 3 is 1.75 bits per heavy atom. The van der Waals surface area contributed by atoms with Gasteiger partial charge in [0, 0.05) is 34.9 Å². The molecule has 2 aromatic heterocycles. The van der Waals surface area contributed by atoms with E-state index in [1.165, 1.54) is 35.4 Å². The Hall–Kier alpha value is -0.680. The maximum absolute atomic E-state index is 3.76. The fraction of sp³-hybridized carbons (Fsp3) is 0.500. The normalized spacial score (nSPS) is 23.0. The maximum atomic E-state index is 3.76. The summed E-state index contributed by atoms with van der Waals surface area (Å²) in [7, 11) is 0. The first-order valence-electron chi connectivity index (χ1n) is 7.43. The molecule has 4 heteroatoms. The van der Waals surface area contributed by atoms with Crippen molar-refractivity contribution in [3.8, 4) is 0 Å². The summed E-state index contributed by atoms with van der Waals surface area (Å²) in [6.45, 7) is 2.03. The van der Waals surface area contributed by atoms with Gasteiger partial charge in [-0.25, -0.2) is 0 Å². The lowest BCUT2D eigenvalue weighted by Crippen LogP contribution is -2.49. The molecule has 1 aliphatic carbocycles. The van der Waals surface area contributed by atoms with E-state index in [2.05, 4.69) is 45.7 Å². The molecular formula is C16H22N2S2. The first-order chi connectivity index (χ1) is 9.92. The Bertz CT molecular complexity index is 432. The molecule has 108 valence electrons. The third-order valence-electron chi connectivity index (χ3n) is 4.00. The van der Waals surface area contributed by atoms with Gasteiger partial charge in [-0.15, -0.1) is 22.7 Å². The lowest BCUT2D eigenvalue weighted by molar-refractivity contribution is 0.282. The minimum absolute atomic E-state index is 0.616. The number of hydrogen-bond donors (Lipinski definition) is 2. The Balaban J connectivity index is 1.50. The molecule has 2 atom stereocenters. The van der Waals surface area contributed by atoms with Crippen LogP contribution >= 0.6 is 22.7 Å². The van der Waals surface area contributed by atoms with Gasteiger partial charge >= 0.3 is 0 Å². The second kappa shape index (κ2) is 7.36. The first-order valence-corrected chi connectivity index (χ1v) is 9.19. The molecule has 1 fully saturated rings. The van der Waals surface area contributed by atoms with Gasteiger partial charge < -0.3 is 10.6 Å². The van der Waals surface area contributed by atoms with Crippen LogP contribution in [0.15, 0.2) is 35.0 Å². The van der Waals surface area contributed by atoms with E-state index in [4.69, 9.17) is 0 Å². The summed E-state index contributed by atoms with van der Waals surface area (Å²) in [5, 5.41) is 11.8. The van der Waals surface area contributed by atoms with Crippen LogP contribution in [0.5, 0.6) is 0 Å². The highest BCUT2D eigenvalue weighted by Crippen LogP contribution is 2.20. The second-order valence-electron chi connectivity index (χ2n) is 5.42. The van der Waals surface area contributed by atoms with Crippen molar-refractivity contribution in [2.75, 3.05) is 0 Å². The number of nitrogens with one attached hydrogen (secondary N) is 2. The molecule has 0 aromatic carbocycles. The van der Waals surface area contributed by atoms with Gasteiger partial charge in [-0.3, -0.25) is 0 Å². The van der Waals surface area contributed by atoms with E-state index < -0.39 is 0 Å². The van der Waals surface area contributed by atoms with Crippen molar-refractivity contribution < 1.29 is 0 Å². The zero-order valence-corrected chi connectivity index (χ0v) is 13.3. The number of thiophene rings is 2. The molecule has 2 N–H and O–H groups in total. The average Bonchev–Trinajstić information content (AvgIpc) is 3.17. The van der Waals surface area contributed by atoms with Gasteiger partial charge in [-0.1, -0.05) is 25.0 Å². The molecule has 0 amide bonds. The van der Waals surface area contributed by atoms with Crippen LogP contribution in [0.1, 0.15) is 35.4 Å². The fourth-order valence-corrected chi connectivity index (χ4v) is 4.22. The molecule has 2 heterocycles. The molecule has 0 radical (unpaired) electrons. The quantitative estimate of drug-likeness (QED) is 0.843. The SMILES string of the molecule is c1csc(CNC2CCCCC2NCc2cccs2)c1. The van der Waals surface area contributed by atoms with Crippen molar-refractivity contribution in [1.29, 1.82) is 0 Å². The van der Waals surface area contributed by atoms with Crippen molar-refractivity contribution in [2.45, 2.75) is 50.9 Å². The highest BCUT2D eigenvalue weighted by molar-refractivity contribution is 7.10. The second-order valence-corrected chi connectivity index (χ2v) is 7.48. The van der Waals surface area contributed by atoms with Gasteiger partial charge in [-0.2, -0.15) is 0 Å². The number of hydrogen-bond acceptors (Lipinski definition) is 4. The van der Waals surface area contributed by atoms with Crippen molar-refractivity contribution in [2.24, 2.45) is 0 Å². The Morgan fingerprint density at radius 2 is 1.35 bits per heavy atom. The molecule has 3 rings (SSSR count). The summed E-state index contributed by atoms with van der Waals surface area (Å²) >= 11 is 3.69. The largest absolute Gasteiger partial charge is 0.308 e. The standard InChI is InChI=1S/C16H22N2S2/c1-2-8-16(18-12-14-6-4-10-20-14)15(7-1)17-11-13-5-3-9-19-13/h3-6,9-10,15-18H,1-2,7-8,11-12H2. The van der Waals surface area contributed by atoms with Crippen molar-refractivity contribution >= 4 is 22.7 Å². The monoisotopic (exact) mass is 306 g/mol. The maximum Gasteiger partial charge on any atom is 0.0302 e. The number of rotatable bonds is 6. The summed E-state index contributed by atoms with van der Waals surface area (Å²) < 4.78 is 0. The fourth-order valence-electron chi connectivity index (χ4n) is 2.91. The summed E-state index contributed by atoms with van der Waals surface area (Å²) in [6, 6.07) is 9.93. The molecule has 2 aromatic rings. The zero-order chi connectivity index (χ0) is 13.6. The van der Waals surface area contributed by atoms with Gasteiger partial charge in [0.1, 0.15) is 0 Å². The molecule has 0 spiro atoms. The topological polar surface area (TPSA) is 24.1 Å². The van der Waals surface area contributed by atoms with Gasteiger partial charge in [0.05, 0.1) is 0 Å². The van der Waals surface area contributed by atoms with Gasteiger partial charge in [0.25, 0.3) is 0 Å². The van der Waals surface area contributed by atoms with Gasteiger partial charge in [-0.05, 0) is 35.7 Å². The third-order valence-corrected chi connectivity index (χ3v) is 5.76. The predicted molar refractivity (Wildman–Crippen MR) is 88.4 cm³/mol. The van der Waals surface area contributed by atoms with E-state index in [1.807, 2.05) is 22.7 Å². The van der Waals surface area contributed by atoms with E-state index >= 15 is 0 Å². The molecule has 0 saturated heterocycles. The van der Waals surface area contributed by atoms with Crippen LogP contribution in [0.3, 0.4) is 0 Å². The Morgan fingerprint density at radius 1 is 0.850 bits per heavy atom.